The number of carbonyl (C=O) groups excluding carboxylic acids is 2. The van der Waals surface area contributed by atoms with Crippen LogP contribution in [0.15, 0.2) is 23.6 Å². The molecule has 8 heteroatoms. The summed E-state index contributed by atoms with van der Waals surface area (Å²) < 4.78 is 0. The summed E-state index contributed by atoms with van der Waals surface area (Å²) >= 11 is 1.34. The van der Waals surface area contributed by atoms with Crippen LogP contribution in [-0.2, 0) is 6.54 Å². The third-order valence-electron chi connectivity index (χ3n) is 3.94. The fourth-order valence-electron chi connectivity index (χ4n) is 2.72. The maximum Gasteiger partial charge on any atom is 0.275 e. The highest BCUT2D eigenvalue weighted by Gasteiger charge is 2.19. The topological polar surface area (TPSA) is 114 Å². The number of hydrogen-bond acceptors (Lipinski definition) is 6. The quantitative estimate of drug-likeness (QED) is 0.761. The third-order valence-corrected chi connectivity index (χ3v) is 4.81. The van der Waals surface area contributed by atoms with E-state index >= 15 is 0 Å². The van der Waals surface area contributed by atoms with Crippen molar-refractivity contribution in [2.45, 2.75) is 19.4 Å². The molecule has 0 unspecified atom stereocenters. The first-order valence-electron chi connectivity index (χ1n) is 7.73. The predicted molar refractivity (Wildman–Crippen MR) is 94.4 cm³/mol. The van der Waals surface area contributed by atoms with Crippen molar-refractivity contribution in [3.8, 4) is 0 Å². The highest BCUT2D eigenvalue weighted by Crippen LogP contribution is 2.30. The molecular formula is C16H19N5O2S. The highest BCUT2D eigenvalue weighted by atomic mass is 32.1. The lowest BCUT2D eigenvalue weighted by Gasteiger charge is -2.22. The lowest BCUT2D eigenvalue weighted by Crippen LogP contribution is -2.22. The molecule has 2 heterocycles. The minimum atomic E-state index is -0.530. The summed E-state index contributed by atoms with van der Waals surface area (Å²) in [4.78, 5) is 30.3. The van der Waals surface area contributed by atoms with E-state index in [1.165, 1.54) is 11.3 Å². The van der Waals surface area contributed by atoms with Gasteiger partial charge in [-0.05, 0) is 31.0 Å². The number of nitrogens with two attached hydrogens (primary N) is 2. The molecule has 1 fully saturated rings. The van der Waals surface area contributed by atoms with Crippen molar-refractivity contribution in [2.75, 3.05) is 23.3 Å². The van der Waals surface area contributed by atoms with Gasteiger partial charge in [0.05, 0.1) is 11.4 Å². The second-order valence-electron chi connectivity index (χ2n) is 5.58. The summed E-state index contributed by atoms with van der Waals surface area (Å²) in [6.45, 7) is 2.15. The fourth-order valence-corrected chi connectivity index (χ4v) is 3.37. The number of hydrogen-bond donors (Lipinski definition) is 3. The zero-order valence-corrected chi connectivity index (χ0v) is 13.9. The molecule has 7 nitrogen and oxygen atoms in total. The van der Waals surface area contributed by atoms with Gasteiger partial charge in [0.25, 0.3) is 5.91 Å². The molecule has 5 N–H and O–H groups in total. The first-order valence-corrected chi connectivity index (χ1v) is 8.61. The number of amides is 2. The number of benzene rings is 1. The van der Waals surface area contributed by atoms with Crippen LogP contribution in [0.25, 0.3) is 0 Å². The molecule has 2 amide bonds. The fraction of sp³-hybridized carbons (Fsp3) is 0.312. The van der Waals surface area contributed by atoms with Gasteiger partial charge < -0.3 is 21.7 Å². The molecule has 0 spiro atoms. The van der Waals surface area contributed by atoms with Gasteiger partial charge in [-0.1, -0.05) is 0 Å². The van der Waals surface area contributed by atoms with Crippen molar-refractivity contribution in [1.82, 2.24) is 4.98 Å². The zero-order chi connectivity index (χ0) is 17.1. The Morgan fingerprint density at radius 1 is 1.29 bits per heavy atom. The minimum absolute atomic E-state index is 0.300. The number of carbonyl (C=O) groups is 2. The lowest BCUT2D eigenvalue weighted by molar-refractivity contribution is 0.0995. The first-order chi connectivity index (χ1) is 11.6. The van der Waals surface area contributed by atoms with Gasteiger partial charge in [-0.25, -0.2) is 4.98 Å². The number of primary amides is 1. The molecule has 24 heavy (non-hydrogen) atoms. The van der Waals surface area contributed by atoms with E-state index in [1.807, 2.05) is 6.07 Å². The molecule has 1 saturated heterocycles. The van der Waals surface area contributed by atoms with E-state index in [2.05, 4.69) is 15.2 Å². The molecular weight excluding hydrogens is 326 g/mol. The van der Waals surface area contributed by atoms with E-state index in [4.69, 9.17) is 11.5 Å². The summed E-state index contributed by atoms with van der Waals surface area (Å²) in [5.41, 5.74) is 13.0. The molecule has 0 radical (unpaired) electrons. The molecule has 1 aromatic carbocycles. The largest absolute Gasteiger partial charge is 0.370 e. The summed E-state index contributed by atoms with van der Waals surface area (Å²) in [7, 11) is 0. The van der Waals surface area contributed by atoms with E-state index in [0.29, 0.717) is 28.5 Å². The Hall–Kier alpha value is -2.45. The second kappa shape index (κ2) is 6.98. The van der Waals surface area contributed by atoms with Gasteiger partial charge in [0.2, 0.25) is 5.91 Å². The number of nitrogens with zero attached hydrogens (tertiary/aromatic N) is 2. The van der Waals surface area contributed by atoms with Crippen LogP contribution in [0.4, 0.5) is 11.4 Å². The molecule has 1 aliphatic heterocycles. The first kappa shape index (κ1) is 16.4. The Labute approximate surface area is 143 Å². The number of anilines is 2. The number of rotatable bonds is 5. The third kappa shape index (κ3) is 3.39. The van der Waals surface area contributed by atoms with Crippen molar-refractivity contribution < 1.29 is 9.59 Å². The second-order valence-corrected chi connectivity index (χ2v) is 6.52. The maximum atomic E-state index is 12.4. The standard InChI is InChI=1S/C16H19N5O2S/c17-8-14-19-12(9-24-14)16(23)20-11-7-10(15(18)22)3-4-13(11)21-5-1-2-6-21/h3-4,7,9H,1-2,5-6,8,17H2,(H2,18,22)(H,20,23). The van der Waals surface area contributed by atoms with Crippen LogP contribution in [0.1, 0.15) is 38.7 Å². The highest BCUT2D eigenvalue weighted by molar-refractivity contribution is 7.09. The van der Waals surface area contributed by atoms with Gasteiger partial charge in [-0.2, -0.15) is 0 Å². The van der Waals surface area contributed by atoms with Crippen molar-refractivity contribution >= 4 is 34.5 Å². The Morgan fingerprint density at radius 3 is 2.67 bits per heavy atom. The van der Waals surface area contributed by atoms with Crippen LogP contribution in [0.5, 0.6) is 0 Å². The van der Waals surface area contributed by atoms with Gasteiger partial charge in [0, 0.05) is 30.6 Å². The van der Waals surface area contributed by atoms with E-state index in [1.54, 1.807) is 17.5 Å². The number of aromatic nitrogens is 1. The summed E-state index contributed by atoms with van der Waals surface area (Å²) in [6, 6.07) is 5.12. The van der Waals surface area contributed by atoms with Crippen LogP contribution in [0.2, 0.25) is 0 Å². The van der Waals surface area contributed by atoms with Crippen molar-refractivity contribution in [3.05, 3.63) is 39.8 Å². The molecule has 126 valence electrons. The Balaban J connectivity index is 1.90. The Bertz CT molecular complexity index is 768. The monoisotopic (exact) mass is 345 g/mol. The smallest absolute Gasteiger partial charge is 0.275 e. The predicted octanol–water partition coefficient (Wildman–Crippen LogP) is 1.55. The van der Waals surface area contributed by atoms with Gasteiger partial charge >= 0.3 is 0 Å². The van der Waals surface area contributed by atoms with E-state index in [-0.39, 0.29) is 5.91 Å². The molecule has 2 aromatic rings. The summed E-state index contributed by atoms with van der Waals surface area (Å²) in [6.07, 6.45) is 2.22. The van der Waals surface area contributed by atoms with Crippen LogP contribution in [-0.4, -0.2) is 29.9 Å². The van der Waals surface area contributed by atoms with Gasteiger partial charge in [0.15, 0.2) is 0 Å². The molecule has 3 rings (SSSR count). The number of thiazole rings is 1. The van der Waals surface area contributed by atoms with Gasteiger partial charge in [-0.3, -0.25) is 9.59 Å². The van der Waals surface area contributed by atoms with Gasteiger partial charge in [0.1, 0.15) is 10.7 Å². The molecule has 0 atom stereocenters. The molecule has 0 saturated carbocycles. The van der Waals surface area contributed by atoms with E-state index < -0.39 is 5.91 Å². The minimum Gasteiger partial charge on any atom is -0.370 e. The van der Waals surface area contributed by atoms with Crippen molar-refractivity contribution in [2.24, 2.45) is 11.5 Å². The van der Waals surface area contributed by atoms with E-state index in [0.717, 1.165) is 31.6 Å². The number of nitrogens with one attached hydrogen (secondary N) is 1. The SMILES string of the molecule is NCc1nc(C(=O)Nc2cc(C(N)=O)ccc2N2CCCC2)cs1. The van der Waals surface area contributed by atoms with Crippen LogP contribution in [0, 0.1) is 0 Å². The normalized spacial score (nSPS) is 14.0. The summed E-state index contributed by atoms with van der Waals surface area (Å²) in [5, 5.41) is 5.22. The van der Waals surface area contributed by atoms with Crippen LogP contribution < -0.4 is 21.7 Å². The van der Waals surface area contributed by atoms with Gasteiger partial charge in [-0.15, -0.1) is 11.3 Å². The maximum absolute atomic E-state index is 12.4. The summed E-state index contributed by atoms with van der Waals surface area (Å²) in [5.74, 6) is -0.856. The van der Waals surface area contributed by atoms with Crippen LogP contribution in [0.3, 0.4) is 0 Å². The lowest BCUT2D eigenvalue weighted by atomic mass is 10.1. The van der Waals surface area contributed by atoms with Crippen molar-refractivity contribution in [3.63, 3.8) is 0 Å². The average molecular weight is 345 g/mol. The van der Waals surface area contributed by atoms with Crippen molar-refractivity contribution in [1.29, 1.82) is 0 Å². The Morgan fingerprint density at radius 2 is 2.04 bits per heavy atom. The van der Waals surface area contributed by atoms with E-state index in [9.17, 15) is 9.59 Å². The average Bonchev–Trinajstić information content (AvgIpc) is 3.26. The van der Waals surface area contributed by atoms with Crippen LogP contribution >= 0.6 is 11.3 Å². The Kier molecular flexibility index (Phi) is 4.77. The molecule has 0 aliphatic carbocycles. The zero-order valence-electron chi connectivity index (χ0n) is 13.1. The molecule has 1 aliphatic rings. The molecule has 0 bridgehead atoms. The molecule has 1 aromatic heterocycles.